The predicted molar refractivity (Wildman–Crippen MR) is 106 cm³/mol. The van der Waals surface area contributed by atoms with Crippen molar-refractivity contribution in [2.45, 2.75) is 50.5 Å². The summed E-state index contributed by atoms with van der Waals surface area (Å²) in [5.41, 5.74) is -0.573. The molecule has 1 amide bonds. The SMILES string of the molecule is COC1(C(=O)N2CCN(CC3CCCCC3)CC2)CCNCC1.Cl.Cl. The first-order valence-electron chi connectivity index (χ1n) is 9.51. The molecule has 3 fully saturated rings. The molecule has 1 N–H and O–H groups in total. The topological polar surface area (TPSA) is 44.8 Å². The number of carbonyl (C=O) groups excluding carboxylic acids is 1. The third kappa shape index (κ3) is 5.70. The van der Waals surface area contributed by atoms with Gasteiger partial charge in [0.1, 0.15) is 5.60 Å². The maximum Gasteiger partial charge on any atom is 0.254 e. The van der Waals surface area contributed by atoms with Crippen LogP contribution in [0.3, 0.4) is 0 Å². The van der Waals surface area contributed by atoms with Crippen molar-refractivity contribution in [2.24, 2.45) is 5.92 Å². The molecule has 1 saturated carbocycles. The van der Waals surface area contributed by atoms with Crippen molar-refractivity contribution in [3.05, 3.63) is 0 Å². The zero-order valence-electron chi connectivity index (χ0n) is 15.5. The largest absolute Gasteiger partial charge is 0.368 e. The van der Waals surface area contributed by atoms with E-state index in [2.05, 4.69) is 10.2 Å². The highest BCUT2D eigenvalue weighted by Gasteiger charge is 2.43. The number of methoxy groups -OCH3 is 1. The van der Waals surface area contributed by atoms with Gasteiger partial charge in [0.05, 0.1) is 0 Å². The monoisotopic (exact) mass is 395 g/mol. The second kappa shape index (κ2) is 10.9. The van der Waals surface area contributed by atoms with Crippen LogP contribution in [-0.4, -0.2) is 74.2 Å². The molecule has 3 aliphatic rings. The molecule has 2 heterocycles. The summed E-state index contributed by atoms with van der Waals surface area (Å²) in [7, 11) is 1.70. The Labute approximate surface area is 165 Å². The van der Waals surface area contributed by atoms with E-state index in [9.17, 15) is 4.79 Å². The Bertz CT molecular complexity index is 392. The summed E-state index contributed by atoms with van der Waals surface area (Å²) >= 11 is 0. The van der Waals surface area contributed by atoms with Gasteiger partial charge < -0.3 is 15.0 Å². The van der Waals surface area contributed by atoms with Crippen molar-refractivity contribution >= 4 is 30.7 Å². The number of piperazine rings is 1. The first-order valence-corrected chi connectivity index (χ1v) is 9.51. The maximum absolute atomic E-state index is 13.0. The number of halogens is 2. The minimum atomic E-state index is -0.573. The highest BCUT2D eigenvalue weighted by molar-refractivity contribution is 5.86. The van der Waals surface area contributed by atoms with Crippen molar-refractivity contribution in [1.29, 1.82) is 0 Å². The lowest BCUT2D eigenvalue weighted by Gasteiger charge is -2.42. The van der Waals surface area contributed by atoms with Gasteiger partial charge in [0.15, 0.2) is 0 Å². The molecule has 2 saturated heterocycles. The molecule has 1 aliphatic carbocycles. The van der Waals surface area contributed by atoms with Crippen molar-refractivity contribution in [2.75, 3.05) is 52.9 Å². The predicted octanol–water partition coefficient (Wildman–Crippen LogP) is 2.32. The number of carbonyl (C=O) groups is 1. The summed E-state index contributed by atoms with van der Waals surface area (Å²) < 4.78 is 5.70. The van der Waals surface area contributed by atoms with Gasteiger partial charge in [-0.15, -0.1) is 24.8 Å². The van der Waals surface area contributed by atoms with Crippen LogP contribution in [0.25, 0.3) is 0 Å². The van der Waals surface area contributed by atoms with E-state index < -0.39 is 5.60 Å². The van der Waals surface area contributed by atoms with E-state index in [0.29, 0.717) is 0 Å². The Morgan fingerprint density at radius 3 is 2.20 bits per heavy atom. The number of hydrogen-bond donors (Lipinski definition) is 1. The van der Waals surface area contributed by atoms with E-state index in [1.807, 2.05) is 4.90 Å². The van der Waals surface area contributed by atoms with Crippen LogP contribution in [0.5, 0.6) is 0 Å². The lowest BCUT2D eigenvalue weighted by atomic mass is 9.88. The highest BCUT2D eigenvalue weighted by Crippen LogP contribution is 2.27. The van der Waals surface area contributed by atoms with Crippen LogP contribution in [-0.2, 0) is 9.53 Å². The zero-order valence-corrected chi connectivity index (χ0v) is 17.1. The molecule has 0 aromatic heterocycles. The minimum Gasteiger partial charge on any atom is -0.368 e. The van der Waals surface area contributed by atoms with Crippen LogP contribution in [0.4, 0.5) is 0 Å². The molecule has 7 heteroatoms. The Balaban J connectivity index is 0.00000156. The first kappa shape index (κ1) is 23.0. The van der Waals surface area contributed by atoms with Gasteiger partial charge in [0.25, 0.3) is 5.91 Å². The summed E-state index contributed by atoms with van der Waals surface area (Å²) in [5.74, 6) is 1.11. The first-order chi connectivity index (χ1) is 11.2. The number of rotatable bonds is 4. The molecule has 0 aromatic carbocycles. The normalized spacial score (nSPS) is 24.9. The molecule has 0 bridgehead atoms. The van der Waals surface area contributed by atoms with E-state index >= 15 is 0 Å². The summed E-state index contributed by atoms with van der Waals surface area (Å²) in [6.07, 6.45) is 8.64. The number of hydrogen-bond acceptors (Lipinski definition) is 4. The van der Waals surface area contributed by atoms with Crippen molar-refractivity contribution in [3.8, 4) is 0 Å². The molecule has 0 aromatic rings. The van der Waals surface area contributed by atoms with E-state index in [1.54, 1.807) is 7.11 Å². The van der Waals surface area contributed by atoms with Gasteiger partial charge in [0, 0.05) is 39.8 Å². The summed E-state index contributed by atoms with van der Waals surface area (Å²) in [5, 5.41) is 3.33. The molecular weight excluding hydrogens is 361 g/mol. The minimum absolute atomic E-state index is 0. The lowest BCUT2D eigenvalue weighted by molar-refractivity contribution is -0.160. The van der Waals surface area contributed by atoms with Crippen LogP contribution in [0.1, 0.15) is 44.9 Å². The smallest absolute Gasteiger partial charge is 0.254 e. The highest BCUT2D eigenvalue weighted by atomic mass is 35.5. The average molecular weight is 396 g/mol. The molecule has 25 heavy (non-hydrogen) atoms. The summed E-state index contributed by atoms with van der Waals surface area (Å²) in [4.78, 5) is 17.6. The van der Waals surface area contributed by atoms with E-state index in [0.717, 1.165) is 58.0 Å². The van der Waals surface area contributed by atoms with E-state index in [1.165, 1.54) is 38.6 Å². The van der Waals surface area contributed by atoms with Crippen LogP contribution >= 0.6 is 24.8 Å². The number of amides is 1. The third-order valence-electron chi connectivity index (χ3n) is 6.09. The van der Waals surface area contributed by atoms with Crippen molar-refractivity contribution in [1.82, 2.24) is 15.1 Å². The Kier molecular flexibility index (Phi) is 10.0. The standard InChI is InChI=1S/C18H33N3O2.2ClH/c1-23-18(7-9-19-10-8-18)17(22)21-13-11-20(12-14-21)15-16-5-3-2-4-6-16;;/h16,19H,2-15H2,1H3;2*1H. The van der Waals surface area contributed by atoms with Crippen molar-refractivity contribution in [3.63, 3.8) is 0 Å². The maximum atomic E-state index is 13.0. The fourth-order valence-corrected chi connectivity index (χ4v) is 4.49. The van der Waals surface area contributed by atoms with Gasteiger partial charge in [-0.25, -0.2) is 0 Å². The fraction of sp³-hybridized carbons (Fsp3) is 0.944. The molecule has 0 unspecified atom stereocenters. The number of ether oxygens (including phenoxy) is 1. The van der Waals surface area contributed by atoms with Gasteiger partial charge in [0.2, 0.25) is 0 Å². The Morgan fingerprint density at radius 1 is 1.04 bits per heavy atom. The zero-order chi connectivity index (χ0) is 16.1. The van der Waals surface area contributed by atoms with Crippen molar-refractivity contribution < 1.29 is 9.53 Å². The van der Waals surface area contributed by atoms with Gasteiger partial charge in [-0.3, -0.25) is 9.69 Å². The molecule has 5 nitrogen and oxygen atoms in total. The van der Waals surface area contributed by atoms with Crippen LogP contribution < -0.4 is 5.32 Å². The van der Waals surface area contributed by atoms with E-state index in [4.69, 9.17) is 4.74 Å². The van der Waals surface area contributed by atoms with E-state index in [-0.39, 0.29) is 30.7 Å². The molecule has 0 atom stereocenters. The average Bonchev–Trinajstić information content (AvgIpc) is 2.63. The van der Waals surface area contributed by atoms with Gasteiger partial charge in [-0.1, -0.05) is 19.3 Å². The third-order valence-corrected chi connectivity index (χ3v) is 6.09. The Morgan fingerprint density at radius 2 is 1.64 bits per heavy atom. The number of nitrogens with zero attached hydrogens (tertiary/aromatic N) is 2. The molecule has 3 rings (SSSR count). The molecule has 0 radical (unpaired) electrons. The van der Waals surface area contributed by atoms with Crippen LogP contribution in [0.15, 0.2) is 0 Å². The van der Waals surface area contributed by atoms with Gasteiger partial charge >= 0.3 is 0 Å². The van der Waals surface area contributed by atoms with Crippen LogP contribution in [0.2, 0.25) is 0 Å². The number of piperidine rings is 1. The quantitative estimate of drug-likeness (QED) is 0.792. The van der Waals surface area contributed by atoms with Gasteiger partial charge in [-0.2, -0.15) is 0 Å². The molecule has 148 valence electrons. The fourth-order valence-electron chi connectivity index (χ4n) is 4.49. The second-order valence-corrected chi connectivity index (χ2v) is 7.55. The summed E-state index contributed by atoms with van der Waals surface area (Å²) in [6.45, 7) is 6.78. The van der Waals surface area contributed by atoms with Gasteiger partial charge in [-0.05, 0) is 44.7 Å². The molecular formula is C18H35Cl2N3O2. The second-order valence-electron chi connectivity index (χ2n) is 7.55. The number of nitrogens with one attached hydrogen (secondary N) is 1. The Hall–Kier alpha value is -0.0700. The van der Waals surface area contributed by atoms with Crippen LogP contribution in [0, 0.1) is 5.92 Å². The summed E-state index contributed by atoms with van der Waals surface area (Å²) in [6, 6.07) is 0. The lowest BCUT2D eigenvalue weighted by Crippen LogP contribution is -2.59. The molecule has 0 spiro atoms. The molecule has 2 aliphatic heterocycles.